The zero-order chi connectivity index (χ0) is 14.1. The number of amides is 1. The Bertz CT molecular complexity index is 249. The summed E-state index contributed by atoms with van der Waals surface area (Å²) < 4.78 is 0. The summed E-state index contributed by atoms with van der Waals surface area (Å²) in [7, 11) is 0. The van der Waals surface area contributed by atoms with E-state index in [1.807, 2.05) is 0 Å². The van der Waals surface area contributed by atoms with Gasteiger partial charge in [-0.1, -0.05) is 32.6 Å². The molecule has 3 nitrogen and oxygen atoms in total. The van der Waals surface area contributed by atoms with Crippen molar-refractivity contribution in [3.63, 3.8) is 0 Å². The van der Waals surface area contributed by atoms with Crippen LogP contribution in [0.1, 0.15) is 71.6 Å². The maximum absolute atomic E-state index is 12.0. The van der Waals surface area contributed by atoms with Crippen LogP contribution in [0.5, 0.6) is 0 Å². The molecule has 0 aromatic carbocycles. The summed E-state index contributed by atoms with van der Waals surface area (Å²) in [5.74, 6) is 1.54. The molecule has 0 bridgehead atoms. The quantitative estimate of drug-likeness (QED) is 0.710. The van der Waals surface area contributed by atoms with Gasteiger partial charge in [-0.05, 0) is 51.0 Å². The Morgan fingerprint density at radius 1 is 1.26 bits per heavy atom. The number of carbonyl (C=O) groups is 1. The van der Waals surface area contributed by atoms with E-state index in [0.717, 1.165) is 25.8 Å². The van der Waals surface area contributed by atoms with Gasteiger partial charge in [0.2, 0.25) is 5.91 Å². The highest BCUT2D eigenvalue weighted by Crippen LogP contribution is 2.26. The lowest BCUT2D eigenvalue weighted by molar-refractivity contribution is -0.122. The summed E-state index contributed by atoms with van der Waals surface area (Å²) >= 11 is 0. The minimum absolute atomic E-state index is 0.230. The predicted octanol–water partition coefficient (Wildman–Crippen LogP) is 3.23. The van der Waals surface area contributed by atoms with Gasteiger partial charge in [0, 0.05) is 12.5 Å². The maximum atomic E-state index is 12.0. The fourth-order valence-corrected chi connectivity index (χ4v) is 3.20. The average Bonchev–Trinajstić information content (AvgIpc) is 2.44. The van der Waals surface area contributed by atoms with Crippen molar-refractivity contribution in [2.75, 3.05) is 6.54 Å². The van der Waals surface area contributed by atoms with E-state index in [9.17, 15) is 4.79 Å². The normalized spacial score (nSPS) is 19.9. The van der Waals surface area contributed by atoms with Crippen molar-refractivity contribution in [1.82, 2.24) is 5.32 Å². The van der Waals surface area contributed by atoms with Crippen molar-refractivity contribution in [2.24, 2.45) is 17.6 Å². The highest BCUT2D eigenvalue weighted by Gasteiger charge is 2.21. The fourth-order valence-electron chi connectivity index (χ4n) is 3.20. The highest BCUT2D eigenvalue weighted by molar-refractivity contribution is 5.76. The van der Waals surface area contributed by atoms with E-state index in [2.05, 4.69) is 19.2 Å². The molecule has 1 fully saturated rings. The first-order chi connectivity index (χ1) is 9.17. The van der Waals surface area contributed by atoms with Crippen LogP contribution in [0.4, 0.5) is 0 Å². The number of rotatable bonds is 8. The van der Waals surface area contributed by atoms with Crippen LogP contribution in [-0.4, -0.2) is 18.5 Å². The summed E-state index contributed by atoms with van der Waals surface area (Å²) in [6, 6.07) is 0.349. The van der Waals surface area contributed by atoms with E-state index in [0.29, 0.717) is 24.3 Å². The first-order valence-electron chi connectivity index (χ1n) is 8.16. The van der Waals surface area contributed by atoms with Crippen molar-refractivity contribution in [1.29, 1.82) is 0 Å². The Balaban J connectivity index is 2.21. The molecule has 0 aromatic heterocycles. The third-order valence-electron chi connectivity index (χ3n) is 4.68. The van der Waals surface area contributed by atoms with E-state index < -0.39 is 0 Å². The summed E-state index contributed by atoms with van der Waals surface area (Å²) in [5, 5.41) is 3.20. The van der Waals surface area contributed by atoms with Crippen LogP contribution in [-0.2, 0) is 4.79 Å². The molecule has 0 heterocycles. The van der Waals surface area contributed by atoms with Crippen molar-refractivity contribution in [3.05, 3.63) is 0 Å². The van der Waals surface area contributed by atoms with Crippen molar-refractivity contribution in [2.45, 2.75) is 77.7 Å². The summed E-state index contributed by atoms with van der Waals surface area (Å²) in [6.07, 6.45) is 10.4. The van der Waals surface area contributed by atoms with Crippen LogP contribution in [0, 0.1) is 11.8 Å². The van der Waals surface area contributed by atoms with Gasteiger partial charge in [0.05, 0.1) is 0 Å². The molecule has 1 rings (SSSR count). The Morgan fingerprint density at radius 3 is 2.53 bits per heavy atom. The monoisotopic (exact) mass is 268 g/mol. The van der Waals surface area contributed by atoms with E-state index in [-0.39, 0.29) is 5.91 Å². The Labute approximate surface area is 118 Å². The highest BCUT2D eigenvalue weighted by atomic mass is 16.1. The van der Waals surface area contributed by atoms with Gasteiger partial charge in [-0.15, -0.1) is 0 Å². The SMILES string of the molecule is CCC(CCN)CCC(=O)N[C@@H](C)C1CCCCC1. The summed E-state index contributed by atoms with van der Waals surface area (Å²) in [5.41, 5.74) is 5.59. The molecule has 1 unspecified atom stereocenters. The average molecular weight is 268 g/mol. The Hall–Kier alpha value is -0.570. The minimum atomic E-state index is 0.230. The Kier molecular flexibility index (Phi) is 8.11. The molecule has 2 atom stereocenters. The summed E-state index contributed by atoms with van der Waals surface area (Å²) in [6.45, 7) is 5.09. The first-order valence-corrected chi connectivity index (χ1v) is 8.16. The molecule has 19 heavy (non-hydrogen) atoms. The molecule has 0 radical (unpaired) electrons. The molecule has 1 aliphatic rings. The predicted molar refractivity (Wildman–Crippen MR) is 80.9 cm³/mol. The molecule has 112 valence electrons. The molecular weight excluding hydrogens is 236 g/mol. The van der Waals surface area contributed by atoms with Gasteiger partial charge in [0.1, 0.15) is 0 Å². The molecule has 0 aliphatic heterocycles. The number of nitrogens with one attached hydrogen (secondary N) is 1. The lowest BCUT2D eigenvalue weighted by Gasteiger charge is -2.28. The number of nitrogens with two attached hydrogens (primary N) is 1. The van der Waals surface area contributed by atoms with Crippen LogP contribution in [0.2, 0.25) is 0 Å². The zero-order valence-electron chi connectivity index (χ0n) is 12.8. The first kappa shape index (κ1) is 16.5. The van der Waals surface area contributed by atoms with Gasteiger partial charge in [0.25, 0.3) is 0 Å². The van der Waals surface area contributed by atoms with E-state index in [4.69, 9.17) is 5.73 Å². The number of carbonyl (C=O) groups excluding carboxylic acids is 1. The second-order valence-electron chi connectivity index (χ2n) is 6.14. The molecule has 1 amide bonds. The number of hydrogen-bond acceptors (Lipinski definition) is 2. The largest absolute Gasteiger partial charge is 0.353 e. The lowest BCUT2D eigenvalue weighted by Crippen LogP contribution is -2.38. The van der Waals surface area contributed by atoms with Gasteiger partial charge in [0.15, 0.2) is 0 Å². The van der Waals surface area contributed by atoms with Crippen molar-refractivity contribution in [3.8, 4) is 0 Å². The van der Waals surface area contributed by atoms with Crippen LogP contribution in [0.3, 0.4) is 0 Å². The second-order valence-corrected chi connectivity index (χ2v) is 6.14. The summed E-state index contributed by atoms with van der Waals surface area (Å²) in [4.78, 5) is 12.0. The van der Waals surface area contributed by atoms with Crippen molar-refractivity contribution < 1.29 is 4.79 Å². The molecule has 0 saturated heterocycles. The third-order valence-corrected chi connectivity index (χ3v) is 4.68. The van der Waals surface area contributed by atoms with Crippen LogP contribution < -0.4 is 11.1 Å². The molecule has 3 heteroatoms. The van der Waals surface area contributed by atoms with Gasteiger partial charge >= 0.3 is 0 Å². The van der Waals surface area contributed by atoms with Crippen LogP contribution in [0.25, 0.3) is 0 Å². The van der Waals surface area contributed by atoms with Crippen molar-refractivity contribution >= 4 is 5.91 Å². The smallest absolute Gasteiger partial charge is 0.220 e. The molecule has 0 spiro atoms. The van der Waals surface area contributed by atoms with Crippen LogP contribution in [0.15, 0.2) is 0 Å². The maximum Gasteiger partial charge on any atom is 0.220 e. The molecule has 0 aromatic rings. The van der Waals surface area contributed by atoms with Gasteiger partial charge < -0.3 is 11.1 Å². The van der Waals surface area contributed by atoms with Gasteiger partial charge in [-0.25, -0.2) is 0 Å². The Morgan fingerprint density at radius 2 is 1.95 bits per heavy atom. The second kappa shape index (κ2) is 9.35. The molecule has 1 aliphatic carbocycles. The van der Waals surface area contributed by atoms with E-state index in [1.54, 1.807) is 0 Å². The topological polar surface area (TPSA) is 55.1 Å². The lowest BCUT2D eigenvalue weighted by atomic mass is 9.84. The van der Waals surface area contributed by atoms with Crippen LogP contribution >= 0.6 is 0 Å². The van der Waals surface area contributed by atoms with E-state index >= 15 is 0 Å². The molecular formula is C16H32N2O. The van der Waals surface area contributed by atoms with Gasteiger partial charge in [-0.2, -0.15) is 0 Å². The minimum Gasteiger partial charge on any atom is -0.353 e. The third kappa shape index (κ3) is 6.42. The zero-order valence-corrected chi connectivity index (χ0v) is 12.8. The molecule has 1 saturated carbocycles. The number of hydrogen-bond donors (Lipinski definition) is 2. The fraction of sp³-hybridized carbons (Fsp3) is 0.938. The van der Waals surface area contributed by atoms with Gasteiger partial charge in [-0.3, -0.25) is 4.79 Å². The van der Waals surface area contributed by atoms with E-state index in [1.165, 1.54) is 32.1 Å². The molecule has 3 N–H and O–H groups in total. The standard InChI is InChI=1S/C16H32N2O/c1-3-14(11-12-17)9-10-16(19)18-13(2)15-7-5-4-6-8-15/h13-15H,3-12,17H2,1-2H3,(H,18,19)/t13-,14?/m0/s1.